The van der Waals surface area contributed by atoms with Gasteiger partial charge in [0.15, 0.2) is 13.2 Å². The number of aryl methyl sites for hydroxylation is 1. The Bertz CT molecular complexity index is 1510. The van der Waals surface area contributed by atoms with E-state index < -0.39 is 7.36 Å². The highest BCUT2D eigenvalue weighted by Crippen LogP contribution is 2.62. The summed E-state index contributed by atoms with van der Waals surface area (Å²) in [5.41, 5.74) is 3.89. The van der Waals surface area contributed by atoms with Gasteiger partial charge in [-0.3, -0.25) is 0 Å². The van der Waals surface area contributed by atoms with Crippen LogP contribution >= 0.6 is 23.3 Å². The van der Waals surface area contributed by atoms with E-state index in [2.05, 4.69) is 81.7 Å². The Labute approximate surface area is 225 Å². The van der Waals surface area contributed by atoms with Crippen LogP contribution in [0.15, 0.2) is 99.1 Å². The molecule has 188 valence electrons. The van der Waals surface area contributed by atoms with Crippen molar-refractivity contribution in [1.29, 1.82) is 0 Å². The summed E-state index contributed by atoms with van der Waals surface area (Å²) < 4.78 is 19.2. The van der Waals surface area contributed by atoms with Gasteiger partial charge in [0.05, 0.1) is 35.6 Å². The Hall–Kier alpha value is -3.03. The third-order valence-corrected chi connectivity index (χ3v) is 11.3. The lowest BCUT2D eigenvalue weighted by molar-refractivity contribution is 0.0732. The minimum Gasteiger partial charge on any atom is -0.379 e. The molecule has 1 fully saturated rings. The van der Waals surface area contributed by atoms with Gasteiger partial charge in [-0.25, -0.2) is 19.1 Å². The molecular weight excluding hydrogens is 547 g/mol. The third kappa shape index (κ3) is 4.18. The zero-order valence-corrected chi connectivity index (χ0v) is 23.3. The van der Waals surface area contributed by atoms with E-state index in [-0.39, 0.29) is 0 Å². The summed E-state index contributed by atoms with van der Waals surface area (Å²) in [5.74, 6) is 1.73. The smallest absolute Gasteiger partial charge is 0.170 e. The fraction of sp³-hybridized carbons (Fsp3) is 0.214. The SMILES string of the molecule is Cc1nn(-c2ccccc2)c2c1[P@](=Nc1ccccc1Br)(N1CCOCC1)N(C)C(c1ccccc1)=N2. The maximum atomic E-state index is 5.80. The van der Waals surface area contributed by atoms with Crippen molar-refractivity contribution in [2.24, 2.45) is 9.74 Å². The highest BCUT2D eigenvalue weighted by molar-refractivity contribution is 9.10. The number of hydrogen-bond acceptors (Lipinski definition) is 4. The molecule has 9 heteroatoms. The van der Waals surface area contributed by atoms with Crippen LogP contribution in [-0.2, 0) is 4.74 Å². The van der Waals surface area contributed by atoms with Gasteiger partial charge in [-0.05, 0) is 47.1 Å². The van der Waals surface area contributed by atoms with Crippen LogP contribution in [-0.4, -0.2) is 58.3 Å². The average molecular weight is 575 g/mol. The second-order valence-corrected chi connectivity index (χ2v) is 12.8. The standard InChI is InChI=1S/C28H28BrN6OP/c1-21-26-28(35(31-21)23-13-7-4-8-14-23)30-27(22-11-5-3-6-12-22)33(2)37(26,34-17-19-36-20-18-34)32-25-16-10-9-15-24(25)29/h3-16H,17-20H2,1-2H3/t37-/m1/s1. The van der Waals surface area contributed by atoms with E-state index in [1.165, 1.54) is 0 Å². The number of rotatable bonds is 4. The van der Waals surface area contributed by atoms with Crippen molar-refractivity contribution in [3.05, 3.63) is 101 Å². The van der Waals surface area contributed by atoms with Gasteiger partial charge in [0, 0.05) is 30.2 Å². The van der Waals surface area contributed by atoms with Crippen LogP contribution in [0.1, 0.15) is 11.3 Å². The molecule has 4 aromatic rings. The highest BCUT2D eigenvalue weighted by Gasteiger charge is 2.45. The zero-order valence-electron chi connectivity index (χ0n) is 20.8. The van der Waals surface area contributed by atoms with Gasteiger partial charge in [-0.1, -0.05) is 60.7 Å². The summed E-state index contributed by atoms with van der Waals surface area (Å²) in [6, 6.07) is 28.8. The number of halogens is 1. The number of hydrogen-bond donors (Lipinski definition) is 0. The predicted octanol–water partition coefficient (Wildman–Crippen LogP) is 6.29. The number of nitrogens with zero attached hydrogens (tertiary/aromatic N) is 6. The number of aromatic nitrogens is 2. The molecule has 6 rings (SSSR count). The first-order chi connectivity index (χ1) is 18.1. The number of benzene rings is 3. The van der Waals surface area contributed by atoms with Gasteiger partial charge in [0.25, 0.3) is 0 Å². The van der Waals surface area contributed by atoms with Crippen molar-refractivity contribution >= 4 is 45.9 Å². The minimum absolute atomic E-state index is 0.667. The van der Waals surface area contributed by atoms with Crippen LogP contribution in [0.3, 0.4) is 0 Å². The molecule has 0 bridgehead atoms. The van der Waals surface area contributed by atoms with Crippen LogP contribution in [0.5, 0.6) is 0 Å². The molecule has 1 saturated heterocycles. The first kappa shape index (κ1) is 24.3. The topological polar surface area (TPSA) is 58.3 Å². The Morgan fingerprint density at radius 3 is 2.24 bits per heavy atom. The van der Waals surface area contributed by atoms with Crippen molar-refractivity contribution in [1.82, 2.24) is 19.1 Å². The first-order valence-corrected chi connectivity index (χ1v) is 14.8. The molecule has 0 saturated carbocycles. The third-order valence-electron chi connectivity index (χ3n) is 6.76. The molecule has 37 heavy (non-hydrogen) atoms. The largest absolute Gasteiger partial charge is 0.379 e. The number of para-hydroxylation sites is 1. The Kier molecular flexibility index (Phi) is 6.59. The van der Waals surface area contributed by atoms with Crippen LogP contribution in [0.25, 0.3) is 5.69 Å². The maximum Gasteiger partial charge on any atom is 0.170 e. The van der Waals surface area contributed by atoms with Crippen molar-refractivity contribution in [3.63, 3.8) is 0 Å². The quantitative estimate of drug-likeness (QED) is 0.269. The average Bonchev–Trinajstić information content (AvgIpc) is 3.29. The lowest BCUT2D eigenvalue weighted by Gasteiger charge is -2.46. The van der Waals surface area contributed by atoms with E-state index in [0.29, 0.717) is 13.2 Å². The highest BCUT2D eigenvalue weighted by atomic mass is 79.9. The Morgan fingerprint density at radius 1 is 0.892 bits per heavy atom. The molecule has 0 radical (unpaired) electrons. The van der Waals surface area contributed by atoms with Gasteiger partial charge in [0.2, 0.25) is 0 Å². The second kappa shape index (κ2) is 10.0. The molecule has 0 amide bonds. The van der Waals surface area contributed by atoms with Gasteiger partial charge >= 0.3 is 0 Å². The van der Waals surface area contributed by atoms with Crippen molar-refractivity contribution in [2.45, 2.75) is 6.92 Å². The van der Waals surface area contributed by atoms with Gasteiger partial charge in [-0.2, -0.15) is 5.10 Å². The summed E-state index contributed by atoms with van der Waals surface area (Å²) in [5, 5.41) is 6.15. The molecule has 2 aliphatic heterocycles. The summed E-state index contributed by atoms with van der Waals surface area (Å²) in [7, 11) is -0.450. The van der Waals surface area contributed by atoms with Gasteiger partial charge in [0.1, 0.15) is 5.84 Å². The van der Waals surface area contributed by atoms with Crippen molar-refractivity contribution in [2.75, 3.05) is 33.4 Å². The molecule has 0 unspecified atom stereocenters. The summed E-state index contributed by atoms with van der Waals surface area (Å²) in [6.07, 6.45) is 0. The fourth-order valence-electron chi connectivity index (χ4n) is 5.03. The lowest BCUT2D eigenvalue weighted by atomic mass is 10.2. The summed E-state index contributed by atoms with van der Waals surface area (Å²) in [6.45, 7) is 4.98. The van der Waals surface area contributed by atoms with E-state index in [0.717, 1.165) is 57.2 Å². The molecule has 3 heterocycles. The van der Waals surface area contributed by atoms with Gasteiger partial charge < -0.3 is 9.41 Å². The van der Waals surface area contributed by atoms with Gasteiger partial charge in [-0.15, -0.1) is 0 Å². The van der Waals surface area contributed by atoms with E-state index in [4.69, 9.17) is 19.6 Å². The van der Waals surface area contributed by atoms with Crippen LogP contribution in [0.2, 0.25) is 0 Å². The Balaban J connectivity index is 1.72. The van der Waals surface area contributed by atoms with Crippen molar-refractivity contribution in [3.8, 4) is 5.69 Å². The monoisotopic (exact) mass is 574 g/mol. The van der Waals surface area contributed by atoms with Crippen LogP contribution < -0.4 is 5.30 Å². The molecular formula is C28H28BrN6OP. The maximum absolute atomic E-state index is 5.80. The lowest BCUT2D eigenvalue weighted by Crippen LogP contribution is -2.45. The predicted molar refractivity (Wildman–Crippen MR) is 154 cm³/mol. The fourth-order valence-corrected chi connectivity index (χ4v) is 9.37. The molecule has 2 aliphatic rings. The van der Waals surface area contributed by atoms with E-state index in [1.807, 2.05) is 47.1 Å². The number of ether oxygens (including phenoxy) is 1. The minimum atomic E-state index is -2.59. The summed E-state index contributed by atoms with van der Waals surface area (Å²) in [4.78, 5) is 5.29. The molecule has 0 N–H and O–H groups in total. The molecule has 7 nitrogen and oxygen atoms in total. The van der Waals surface area contributed by atoms with E-state index in [1.54, 1.807) is 0 Å². The van der Waals surface area contributed by atoms with Crippen LogP contribution in [0.4, 0.5) is 11.5 Å². The first-order valence-electron chi connectivity index (χ1n) is 12.3. The number of amidine groups is 1. The molecule has 1 aromatic heterocycles. The Morgan fingerprint density at radius 2 is 1.54 bits per heavy atom. The van der Waals surface area contributed by atoms with Crippen molar-refractivity contribution < 1.29 is 4.74 Å². The molecule has 0 aliphatic carbocycles. The normalized spacial score (nSPS) is 19.9. The molecule has 0 spiro atoms. The summed E-state index contributed by atoms with van der Waals surface area (Å²) >= 11 is 3.76. The second-order valence-electron chi connectivity index (χ2n) is 9.02. The van der Waals surface area contributed by atoms with Crippen LogP contribution in [0, 0.1) is 6.92 Å². The number of aliphatic imine (C=N–C) groups is 1. The zero-order chi connectivity index (χ0) is 25.4. The molecule has 1 atom stereocenters. The number of fused-ring (bicyclic) bond motifs is 1. The van der Waals surface area contributed by atoms with E-state index >= 15 is 0 Å². The number of morpholine rings is 1. The molecule has 3 aromatic carbocycles. The van der Waals surface area contributed by atoms with E-state index in [9.17, 15) is 0 Å².